The Balaban J connectivity index is 1.76. The molecule has 1 aliphatic heterocycles. The summed E-state index contributed by atoms with van der Waals surface area (Å²) < 4.78 is 45.2. The lowest BCUT2D eigenvalue weighted by atomic mass is 10.3. The summed E-state index contributed by atoms with van der Waals surface area (Å²) in [5.41, 5.74) is 0.447. The molecule has 1 N–H and O–H groups in total. The van der Waals surface area contributed by atoms with Gasteiger partial charge in [-0.3, -0.25) is 4.72 Å². The van der Waals surface area contributed by atoms with Crippen molar-refractivity contribution in [1.82, 2.24) is 0 Å². The first kappa shape index (κ1) is 19.0. The molecule has 1 heterocycles. The van der Waals surface area contributed by atoms with Gasteiger partial charge in [0.1, 0.15) is 22.5 Å². The van der Waals surface area contributed by atoms with E-state index in [9.17, 15) is 8.42 Å². The van der Waals surface area contributed by atoms with Crippen LogP contribution < -0.4 is 14.2 Å². The lowest BCUT2D eigenvalue weighted by Crippen LogP contribution is -2.16. The van der Waals surface area contributed by atoms with Crippen molar-refractivity contribution in [1.29, 1.82) is 0 Å². The van der Waals surface area contributed by atoms with Crippen molar-refractivity contribution in [2.75, 3.05) is 24.5 Å². The third kappa shape index (κ3) is 4.69. The largest absolute Gasteiger partial charge is 0.492 e. The highest BCUT2D eigenvalue weighted by Gasteiger charge is 2.21. The Morgan fingerprint density at radius 2 is 2.00 bits per heavy atom. The molecule has 26 heavy (non-hydrogen) atoms. The van der Waals surface area contributed by atoms with Crippen LogP contribution in [0.4, 0.5) is 5.69 Å². The molecule has 8 heteroatoms. The van der Waals surface area contributed by atoms with Crippen molar-refractivity contribution in [2.45, 2.75) is 24.3 Å². The molecule has 1 aliphatic rings. The summed E-state index contributed by atoms with van der Waals surface area (Å²) in [7, 11) is -3.79. The second-order valence-electron chi connectivity index (χ2n) is 5.76. The normalized spacial score (nSPS) is 17.1. The van der Waals surface area contributed by atoms with Crippen molar-refractivity contribution in [3.63, 3.8) is 0 Å². The summed E-state index contributed by atoms with van der Waals surface area (Å²) in [6.07, 6.45) is 0.908. The predicted molar refractivity (Wildman–Crippen MR) is 102 cm³/mol. The van der Waals surface area contributed by atoms with Gasteiger partial charge in [0.15, 0.2) is 0 Å². The topological polar surface area (TPSA) is 73.9 Å². The van der Waals surface area contributed by atoms with Crippen LogP contribution in [-0.4, -0.2) is 34.3 Å². The molecule has 1 fully saturated rings. The number of nitrogens with one attached hydrogen (secondary N) is 1. The zero-order valence-electron chi connectivity index (χ0n) is 14.3. The summed E-state index contributed by atoms with van der Waals surface area (Å²) in [5.74, 6) is 0.991. The highest BCUT2D eigenvalue weighted by Crippen LogP contribution is 2.29. The van der Waals surface area contributed by atoms with E-state index in [2.05, 4.69) is 20.7 Å². The molecule has 140 valence electrons. The van der Waals surface area contributed by atoms with Crippen LogP contribution in [0.5, 0.6) is 11.5 Å². The van der Waals surface area contributed by atoms with Crippen LogP contribution in [0.3, 0.4) is 0 Å². The van der Waals surface area contributed by atoms with E-state index in [1.165, 1.54) is 6.07 Å². The summed E-state index contributed by atoms with van der Waals surface area (Å²) in [6, 6.07) is 11.7. The predicted octanol–water partition coefficient (Wildman–Crippen LogP) is 3.82. The smallest absolute Gasteiger partial charge is 0.265 e. The van der Waals surface area contributed by atoms with Crippen LogP contribution in [0.1, 0.15) is 13.3 Å². The van der Waals surface area contributed by atoms with Crippen LogP contribution in [0, 0.1) is 0 Å². The van der Waals surface area contributed by atoms with Crippen LogP contribution in [0.2, 0.25) is 0 Å². The number of anilines is 1. The maximum absolute atomic E-state index is 12.8. The van der Waals surface area contributed by atoms with Gasteiger partial charge in [-0.25, -0.2) is 8.42 Å². The van der Waals surface area contributed by atoms with E-state index in [4.69, 9.17) is 14.2 Å². The van der Waals surface area contributed by atoms with Crippen molar-refractivity contribution >= 4 is 31.6 Å². The number of ether oxygens (including phenoxy) is 3. The summed E-state index contributed by atoms with van der Waals surface area (Å²) in [4.78, 5) is 0.0807. The average Bonchev–Trinajstić information content (AvgIpc) is 3.11. The Labute approximate surface area is 161 Å². The monoisotopic (exact) mass is 441 g/mol. The van der Waals surface area contributed by atoms with Crippen LogP contribution in [0.25, 0.3) is 0 Å². The van der Waals surface area contributed by atoms with Crippen molar-refractivity contribution in [3.05, 3.63) is 46.9 Å². The molecule has 2 aromatic carbocycles. The van der Waals surface area contributed by atoms with Gasteiger partial charge in [0.25, 0.3) is 10.0 Å². The van der Waals surface area contributed by atoms with E-state index in [-0.39, 0.29) is 11.0 Å². The quantitative estimate of drug-likeness (QED) is 0.706. The van der Waals surface area contributed by atoms with E-state index in [0.717, 1.165) is 6.42 Å². The molecule has 1 atom stereocenters. The highest BCUT2D eigenvalue weighted by molar-refractivity contribution is 9.10. The Bertz CT molecular complexity index is 848. The van der Waals surface area contributed by atoms with Crippen molar-refractivity contribution in [2.24, 2.45) is 0 Å². The molecule has 3 rings (SSSR count). The Morgan fingerprint density at radius 3 is 2.65 bits per heavy atom. The molecule has 0 bridgehead atoms. The van der Waals surface area contributed by atoms with Gasteiger partial charge < -0.3 is 14.2 Å². The number of halogens is 1. The Morgan fingerprint density at radius 1 is 1.23 bits per heavy atom. The second kappa shape index (κ2) is 8.28. The average molecular weight is 442 g/mol. The molecule has 1 unspecified atom stereocenters. The van der Waals surface area contributed by atoms with Crippen molar-refractivity contribution < 1.29 is 22.6 Å². The van der Waals surface area contributed by atoms with Gasteiger partial charge in [0.2, 0.25) is 0 Å². The van der Waals surface area contributed by atoms with Crippen LogP contribution >= 0.6 is 15.9 Å². The first-order chi connectivity index (χ1) is 12.5. The summed E-state index contributed by atoms with van der Waals surface area (Å²) in [5, 5.41) is 0. The molecule has 0 amide bonds. The molecule has 0 saturated carbocycles. The fourth-order valence-electron chi connectivity index (χ4n) is 2.58. The van der Waals surface area contributed by atoms with Gasteiger partial charge in [-0.05, 0) is 49.4 Å². The molecular weight excluding hydrogens is 422 g/mol. The zero-order chi connectivity index (χ0) is 18.6. The first-order valence-electron chi connectivity index (χ1n) is 8.27. The third-order valence-corrected chi connectivity index (χ3v) is 5.69. The van der Waals surface area contributed by atoms with Gasteiger partial charge in [0, 0.05) is 16.6 Å². The SMILES string of the molecule is CCOc1ccc(Br)cc1S(=O)(=O)Nc1ccc(OC2CCOC2)cc1. The van der Waals surface area contributed by atoms with Gasteiger partial charge in [-0.15, -0.1) is 0 Å². The number of benzene rings is 2. The minimum atomic E-state index is -3.79. The fraction of sp³-hybridized carbons (Fsp3) is 0.333. The molecule has 0 aromatic heterocycles. The number of hydrogen-bond donors (Lipinski definition) is 1. The zero-order valence-corrected chi connectivity index (χ0v) is 16.7. The second-order valence-corrected chi connectivity index (χ2v) is 8.32. The molecule has 1 saturated heterocycles. The maximum atomic E-state index is 12.8. The third-order valence-electron chi connectivity index (χ3n) is 3.79. The van der Waals surface area contributed by atoms with E-state index < -0.39 is 10.0 Å². The fourth-order valence-corrected chi connectivity index (χ4v) is 4.32. The summed E-state index contributed by atoms with van der Waals surface area (Å²) >= 11 is 3.30. The lowest BCUT2D eigenvalue weighted by Gasteiger charge is -2.14. The van der Waals surface area contributed by atoms with E-state index in [1.807, 2.05) is 0 Å². The van der Waals surface area contributed by atoms with Gasteiger partial charge in [0.05, 0.1) is 19.8 Å². The molecule has 0 aliphatic carbocycles. The van der Waals surface area contributed by atoms with Crippen LogP contribution in [0.15, 0.2) is 51.8 Å². The van der Waals surface area contributed by atoms with Gasteiger partial charge in [-0.1, -0.05) is 15.9 Å². The highest BCUT2D eigenvalue weighted by atomic mass is 79.9. The van der Waals surface area contributed by atoms with Crippen molar-refractivity contribution in [3.8, 4) is 11.5 Å². The maximum Gasteiger partial charge on any atom is 0.265 e. The molecule has 0 radical (unpaired) electrons. The van der Waals surface area contributed by atoms with E-state index >= 15 is 0 Å². The standard InChI is InChI=1S/C18H20BrNO5S/c1-2-24-17-8-3-13(19)11-18(17)26(21,22)20-14-4-6-15(7-5-14)25-16-9-10-23-12-16/h3-8,11,16,20H,2,9-10,12H2,1H3. The van der Waals surface area contributed by atoms with E-state index in [1.54, 1.807) is 43.3 Å². The van der Waals surface area contributed by atoms with Crippen LogP contribution in [-0.2, 0) is 14.8 Å². The number of sulfonamides is 1. The number of hydrogen-bond acceptors (Lipinski definition) is 5. The first-order valence-corrected chi connectivity index (χ1v) is 10.5. The molecule has 2 aromatic rings. The minimum absolute atomic E-state index is 0.0490. The molecule has 0 spiro atoms. The Hall–Kier alpha value is -1.77. The molecule has 6 nitrogen and oxygen atoms in total. The molecular formula is C18H20BrNO5S. The van der Waals surface area contributed by atoms with Gasteiger partial charge in [-0.2, -0.15) is 0 Å². The minimum Gasteiger partial charge on any atom is -0.492 e. The van der Waals surface area contributed by atoms with Gasteiger partial charge >= 0.3 is 0 Å². The Kier molecular flexibility index (Phi) is 6.05. The van der Waals surface area contributed by atoms with E-state index in [0.29, 0.717) is 41.5 Å². The lowest BCUT2D eigenvalue weighted by molar-refractivity contribution is 0.141. The number of rotatable bonds is 7. The summed E-state index contributed by atoms with van der Waals surface area (Å²) in [6.45, 7) is 3.47.